The molecule has 0 aliphatic carbocycles. The number of benzene rings is 1. The van der Waals surface area contributed by atoms with E-state index in [0.29, 0.717) is 36.7 Å². The van der Waals surface area contributed by atoms with Gasteiger partial charge in [-0.1, -0.05) is 25.4 Å². The number of fused-ring (bicyclic) bond motifs is 1. The van der Waals surface area contributed by atoms with Crippen molar-refractivity contribution in [2.75, 3.05) is 13.1 Å². The Kier molecular flexibility index (Phi) is 4.16. The van der Waals surface area contributed by atoms with Crippen LogP contribution in [0.2, 0.25) is 5.02 Å². The molecular formula is C16H23ClN2O3S. The second-order valence-electron chi connectivity index (χ2n) is 7.25. The highest BCUT2D eigenvalue weighted by atomic mass is 35.5. The zero-order valence-electron chi connectivity index (χ0n) is 13.7. The van der Waals surface area contributed by atoms with Crippen LogP contribution in [0.4, 0.5) is 0 Å². The largest absolute Gasteiger partial charge is 0.489 e. The molecule has 2 N–H and O–H groups in total. The first-order chi connectivity index (χ1) is 10.6. The van der Waals surface area contributed by atoms with Crippen LogP contribution in [0.15, 0.2) is 17.0 Å². The number of halogens is 1. The predicted octanol–water partition coefficient (Wildman–Crippen LogP) is 2.41. The van der Waals surface area contributed by atoms with Gasteiger partial charge in [0.25, 0.3) is 0 Å². The van der Waals surface area contributed by atoms with Crippen molar-refractivity contribution in [1.82, 2.24) is 4.31 Å². The average molecular weight is 359 g/mol. The Morgan fingerprint density at radius 3 is 2.74 bits per heavy atom. The van der Waals surface area contributed by atoms with E-state index in [1.807, 2.05) is 20.8 Å². The van der Waals surface area contributed by atoms with Crippen molar-refractivity contribution < 1.29 is 13.2 Å². The second kappa shape index (κ2) is 5.62. The van der Waals surface area contributed by atoms with Crippen LogP contribution in [0.25, 0.3) is 0 Å². The van der Waals surface area contributed by atoms with Gasteiger partial charge in [0.15, 0.2) is 0 Å². The number of hydrogen-bond acceptors (Lipinski definition) is 4. The molecule has 0 bridgehead atoms. The molecule has 1 saturated heterocycles. The molecule has 5 nitrogen and oxygen atoms in total. The second-order valence-corrected chi connectivity index (χ2v) is 9.59. The summed E-state index contributed by atoms with van der Waals surface area (Å²) in [5.74, 6) is 0.610. The predicted molar refractivity (Wildman–Crippen MR) is 90.4 cm³/mol. The Hall–Kier alpha value is -0.820. The van der Waals surface area contributed by atoms with Crippen LogP contribution >= 0.6 is 11.6 Å². The number of rotatable bonds is 2. The minimum atomic E-state index is -3.58. The van der Waals surface area contributed by atoms with E-state index in [4.69, 9.17) is 22.1 Å². The molecule has 0 amide bonds. The molecule has 2 aliphatic heterocycles. The summed E-state index contributed by atoms with van der Waals surface area (Å²) in [6.07, 6.45) is 1.35. The summed E-state index contributed by atoms with van der Waals surface area (Å²) in [7, 11) is -3.58. The highest BCUT2D eigenvalue weighted by Gasteiger charge is 2.39. The van der Waals surface area contributed by atoms with Crippen LogP contribution in [0.3, 0.4) is 0 Å². The summed E-state index contributed by atoms with van der Waals surface area (Å²) in [6, 6.07) is 3.20. The van der Waals surface area contributed by atoms with Crippen LogP contribution < -0.4 is 10.5 Å². The first-order valence-electron chi connectivity index (χ1n) is 7.86. The lowest BCUT2D eigenvalue weighted by molar-refractivity contribution is 0.155. The van der Waals surface area contributed by atoms with Crippen LogP contribution in [0.1, 0.15) is 32.8 Å². The number of ether oxygens (including phenoxy) is 1. The van der Waals surface area contributed by atoms with Gasteiger partial charge in [-0.05, 0) is 30.9 Å². The topological polar surface area (TPSA) is 72.6 Å². The molecule has 2 unspecified atom stereocenters. The monoisotopic (exact) mass is 358 g/mol. The van der Waals surface area contributed by atoms with Crippen molar-refractivity contribution >= 4 is 21.6 Å². The van der Waals surface area contributed by atoms with E-state index in [9.17, 15) is 8.42 Å². The first kappa shape index (κ1) is 17.0. The number of sulfonamides is 1. The highest BCUT2D eigenvalue weighted by molar-refractivity contribution is 7.89. The molecule has 0 aromatic heterocycles. The van der Waals surface area contributed by atoms with Gasteiger partial charge in [-0.25, -0.2) is 8.42 Å². The highest BCUT2D eigenvalue weighted by Crippen LogP contribution is 2.39. The van der Waals surface area contributed by atoms with Crippen molar-refractivity contribution in [2.45, 2.75) is 50.7 Å². The fourth-order valence-corrected chi connectivity index (χ4v) is 5.34. The third kappa shape index (κ3) is 2.97. The van der Waals surface area contributed by atoms with E-state index < -0.39 is 10.0 Å². The van der Waals surface area contributed by atoms with Gasteiger partial charge in [0, 0.05) is 31.1 Å². The summed E-state index contributed by atoms with van der Waals surface area (Å²) in [6.45, 7) is 6.81. The van der Waals surface area contributed by atoms with Crippen molar-refractivity contribution in [2.24, 2.45) is 11.1 Å². The molecule has 0 spiro atoms. The minimum absolute atomic E-state index is 0.00630. The Bertz CT molecular complexity index is 733. The molecule has 1 aromatic carbocycles. The van der Waals surface area contributed by atoms with Crippen molar-refractivity contribution in [3.63, 3.8) is 0 Å². The fraction of sp³-hybridized carbons (Fsp3) is 0.625. The van der Waals surface area contributed by atoms with Gasteiger partial charge in [-0.3, -0.25) is 0 Å². The molecule has 23 heavy (non-hydrogen) atoms. The number of hydrogen-bond donors (Lipinski definition) is 1. The smallest absolute Gasteiger partial charge is 0.243 e. The lowest BCUT2D eigenvalue weighted by Crippen LogP contribution is -2.53. The first-order valence-corrected chi connectivity index (χ1v) is 9.68. The molecule has 0 radical (unpaired) electrons. The zero-order chi connectivity index (χ0) is 17.0. The molecular weight excluding hydrogens is 336 g/mol. The number of nitrogens with zero attached hydrogens (tertiary/aromatic N) is 1. The molecule has 2 atom stereocenters. The molecule has 1 aromatic rings. The van der Waals surface area contributed by atoms with E-state index in [2.05, 4.69) is 0 Å². The maximum absolute atomic E-state index is 13.0. The maximum atomic E-state index is 13.0. The molecule has 128 valence electrons. The molecule has 0 saturated carbocycles. The average Bonchev–Trinajstić information content (AvgIpc) is 2.82. The fourth-order valence-electron chi connectivity index (χ4n) is 3.29. The van der Waals surface area contributed by atoms with E-state index in [1.165, 1.54) is 10.4 Å². The molecule has 7 heteroatoms. The molecule has 2 aliphatic rings. The van der Waals surface area contributed by atoms with Gasteiger partial charge in [-0.15, -0.1) is 0 Å². The Labute approximate surface area is 142 Å². The maximum Gasteiger partial charge on any atom is 0.243 e. The third-order valence-corrected chi connectivity index (χ3v) is 6.94. The Morgan fingerprint density at radius 2 is 2.09 bits per heavy atom. The molecule has 2 heterocycles. The lowest BCUT2D eigenvalue weighted by atomic mass is 9.81. The number of nitrogens with two attached hydrogens (primary N) is 1. The molecule has 3 rings (SSSR count). The SMILES string of the molecule is CC1Cc2cc(S(=O)(=O)N3CCC(N)C(C)(C)C3)cc(Cl)c2O1. The summed E-state index contributed by atoms with van der Waals surface area (Å²) in [5, 5.41) is 0.360. The van der Waals surface area contributed by atoms with Crippen LogP contribution in [-0.2, 0) is 16.4 Å². The van der Waals surface area contributed by atoms with Gasteiger partial charge in [-0.2, -0.15) is 4.31 Å². The van der Waals surface area contributed by atoms with Crippen LogP contribution in [-0.4, -0.2) is 38.0 Å². The zero-order valence-corrected chi connectivity index (χ0v) is 15.2. The Balaban J connectivity index is 1.95. The van der Waals surface area contributed by atoms with Gasteiger partial charge in [0.2, 0.25) is 10.0 Å². The van der Waals surface area contributed by atoms with Gasteiger partial charge < -0.3 is 10.5 Å². The van der Waals surface area contributed by atoms with Crippen molar-refractivity contribution in [1.29, 1.82) is 0 Å². The summed E-state index contributed by atoms with van der Waals surface area (Å²) < 4.78 is 33.2. The van der Waals surface area contributed by atoms with E-state index in [-0.39, 0.29) is 22.5 Å². The molecule has 1 fully saturated rings. The normalized spacial score (nSPS) is 27.5. The van der Waals surface area contributed by atoms with E-state index in [0.717, 1.165) is 5.56 Å². The minimum Gasteiger partial charge on any atom is -0.489 e. The van der Waals surface area contributed by atoms with Crippen LogP contribution in [0, 0.1) is 5.41 Å². The van der Waals surface area contributed by atoms with Gasteiger partial charge in [0.05, 0.1) is 9.92 Å². The quantitative estimate of drug-likeness (QED) is 0.881. The van der Waals surface area contributed by atoms with E-state index >= 15 is 0 Å². The standard InChI is InChI=1S/C16H23ClN2O3S/c1-10-6-11-7-12(8-13(17)15(11)22-10)23(20,21)19-5-4-14(18)16(2,3)9-19/h7-8,10,14H,4-6,9,18H2,1-3H3. The summed E-state index contributed by atoms with van der Waals surface area (Å²) in [5.41, 5.74) is 6.72. The summed E-state index contributed by atoms with van der Waals surface area (Å²) >= 11 is 6.24. The summed E-state index contributed by atoms with van der Waals surface area (Å²) in [4.78, 5) is 0.241. The van der Waals surface area contributed by atoms with Crippen LogP contribution in [0.5, 0.6) is 5.75 Å². The lowest BCUT2D eigenvalue weighted by Gasteiger charge is -2.41. The van der Waals surface area contributed by atoms with Gasteiger partial charge in [0.1, 0.15) is 11.9 Å². The third-order valence-electron chi connectivity index (χ3n) is 4.84. The number of piperidine rings is 1. The van der Waals surface area contributed by atoms with Gasteiger partial charge >= 0.3 is 0 Å². The van der Waals surface area contributed by atoms with E-state index in [1.54, 1.807) is 6.07 Å². The van der Waals surface area contributed by atoms with Crippen molar-refractivity contribution in [3.8, 4) is 5.75 Å². The van der Waals surface area contributed by atoms with Crippen molar-refractivity contribution in [3.05, 3.63) is 22.7 Å². The Morgan fingerprint density at radius 1 is 1.39 bits per heavy atom.